The fourth-order valence-corrected chi connectivity index (χ4v) is 2.57. The number of hydrogen-bond acceptors (Lipinski definition) is 4. The zero-order valence-corrected chi connectivity index (χ0v) is 14.1. The standard InChI is InChI=1S/C17H25NO3.ClH/c1-13-7-9-18(10-8-13)11-16(20)12-21-17-5-3-15(4-6-17)14(2)19;/h3-6,13,16,20H,7-12H2,1-2H3;1H. The summed E-state index contributed by atoms with van der Waals surface area (Å²) in [6.07, 6.45) is 1.94. The van der Waals surface area contributed by atoms with Gasteiger partial charge in [-0.1, -0.05) is 6.92 Å². The van der Waals surface area contributed by atoms with Crippen LogP contribution < -0.4 is 4.74 Å². The van der Waals surface area contributed by atoms with E-state index in [1.165, 1.54) is 12.8 Å². The van der Waals surface area contributed by atoms with Crippen molar-refractivity contribution in [3.63, 3.8) is 0 Å². The normalized spacial score (nSPS) is 17.6. The Morgan fingerprint density at radius 2 is 1.91 bits per heavy atom. The molecule has 0 spiro atoms. The molecule has 0 saturated carbocycles. The van der Waals surface area contributed by atoms with Crippen molar-refractivity contribution in [3.05, 3.63) is 29.8 Å². The molecule has 1 saturated heterocycles. The number of carbonyl (C=O) groups excluding carboxylic acids is 1. The number of ether oxygens (including phenoxy) is 1. The Hall–Kier alpha value is -1.10. The second-order valence-electron chi connectivity index (χ2n) is 6.03. The Bertz CT molecular complexity index is 455. The fraction of sp³-hybridized carbons (Fsp3) is 0.588. The molecule has 1 aromatic rings. The van der Waals surface area contributed by atoms with Gasteiger partial charge in [-0.15, -0.1) is 12.4 Å². The molecule has 1 heterocycles. The van der Waals surface area contributed by atoms with Gasteiger partial charge in [-0.25, -0.2) is 0 Å². The summed E-state index contributed by atoms with van der Waals surface area (Å²) in [6.45, 7) is 6.89. The van der Waals surface area contributed by atoms with Gasteiger partial charge in [0.2, 0.25) is 0 Å². The van der Waals surface area contributed by atoms with Crippen LogP contribution in [0.25, 0.3) is 0 Å². The van der Waals surface area contributed by atoms with E-state index in [0.29, 0.717) is 17.9 Å². The molecule has 0 aromatic heterocycles. The summed E-state index contributed by atoms with van der Waals surface area (Å²) in [5.41, 5.74) is 0.672. The lowest BCUT2D eigenvalue weighted by atomic mass is 9.99. The van der Waals surface area contributed by atoms with Crippen LogP contribution in [0, 0.1) is 5.92 Å². The highest BCUT2D eigenvalue weighted by Crippen LogP contribution is 2.16. The lowest BCUT2D eigenvalue weighted by molar-refractivity contribution is 0.0563. The predicted molar refractivity (Wildman–Crippen MR) is 90.0 cm³/mol. The van der Waals surface area contributed by atoms with Crippen molar-refractivity contribution in [1.29, 1.82) is 0 Å². The Kier molecular flexibility index (Phi) is 7.87. The average Bonchev–Trinajstić information content (AvgIpc) is 2.48. The van der Waals surface area contributed by atoms with E-state index in [0.717, 1.165) is 19.0 Å². The summed E-state index contributed by atoms with van der Waals surface area (Å²) >= 11 is 0. The Morgan fingerprint density at radius 1 is 1.32 bits per heavy atom. The smallest absolute Gasteiger partial charge is 0.159 e. The highest BCUT2D eigenvalue weighted by atomic mass is 35.5. The van der Waals surface area contributed by atoms with Crippen LogP contribution in [0.1, 0.15) is 37.0 Å². The number of β-amino-alcohol motifs (C(OH)–C–C–N with tert-alkyl or cyclic N) is 1. The molecule has 1 fully saturated rings. The minimum atomic E-state index is -0.481. The number of ketones is 1. The van der Waals surface area contributed by atoms with Crippen LogP contribution in [-0.4, -0.2) is 48.1 Å². The average molecular weight is 328 g/mol. The number of aliphatic hydroxyl groups excluding tert-OH is 1. The highest BCUT2D eigenvalue weighted by molar-refractivity contribution is 5.94. The van der Waals surface area contributed by atoms with Gasteiger partial charge in [-0.05, 0) is 63.0 Å². The van der Waals surface area contributed by atoms with Crippen LogP contribution in [0.2, 0.25) is 0 Å². The van der Waals surface area contributed by atoms with E-state index in [1.807, 2.05) is 0 Å². The van der Waals surface area contributed by atoms with E-state index in [9.17, 15) is 9.90 Å². The number of benzene rings is 1. The SMILES string of the molecule is CC(=O)c1ccc(OCC(O)CN2CCC(C)CC2)cc1.Cl. The number of nitrogens with zero attached hydrogens (tertiary/aromatic N) is 1. The molecule has 0 aliphatic carbocycles. The third-order valence-electron chi connectivity index (χ3n) is 4.05. The first-order valence-electron chi connectivity index (χ1n) is 7.69. The third kappa shape index (κ3) is 5.95. The topological polar surface area (TPSA) is 49.8 Å². The Labute approximate surface area is 138 Å². The zero-order valence-electron chi connectivity index (χ0n) is 13.3. The van der Waals surface area contributed by atoms with Crippen molar-refractivity contribution in [2.45, 2.75) is 32.8 Å². The molecule has 1 unspecified atom stereocenters. The van der Waals surface area contributed by atoms with Crippen LogP contribution in [0.3, 0.4) is 0 Å². The first kappa shape index (κ1) is 18.9. The minimum absolute atomic E-state index is 0. The number of piperidine rings is 1. The van der Waals surface area contributed by atoms with Gasteiger partial charge in [0.1, 0.15) is 18.5 Å². The second kappa shape index (κ2) is 9.13. The molecule has 1 N–H and O–H groups in total. The van der Waals surface area contributed by atoms with Crippen molar-refractivity contribution >= 4 is 18.2 Å². The van der Waals surface area contributed by atoms with Gasteiger partial charge in [0.25, 0.3) is 0 Å². The van der Waals surface area contributed by atoms with Gasteiger partial charge in [0, 0.05) is 12.1 Å². The molecule has 124 valence electrons. The van der Waals surface area contributed by atoms with Crippen molar-refractivity contribution in [2.75, 3.05) is 26.2 Å². The number of rotatable bonds is 6. The molecule has 2 rings (SSSR count). The minimum Gasteiger partial charge on any atom is -0.491 e. The maximum Gasteiger partial charge on any atom is 0.159 e. The third-order valence-corrected chi connectivity index (χ3v) is 4.05. The summed E-state index contributed by atoms with van der Waals surface area (Å²) in [7, 11) is 0. The number of hydrogen-bond donors (Lipinski definition) is 1. The number of likely N-dealkylation sites (tertiary alicyclic amines) is 1. The van der Waals surface area contributed by atoms with Crippen molar-refractivity contribution in [2.24, 2.45) is 5.92 Å². The molecule has 0 amide bonds. The van der Waals surface area contributed by atoms with E-state index in [2.05, 4.69) is 11.8 Å². The molecule has 1 aromatic carbocycles. The van der Waals surface area contributed by atoms with Crippen LogP contribution >= 0.6 is 12.4 Å². The van der Waals surface area contributed by atoms with Gasteiger partial charge in [0.15, 0.2) is 5.78 Å². The van der Waals surface area contributed by atoms with E-state index in [4.69, 9.17) is 4.74 Å². The van der Waals surface area contributed by atoms with E-state index < -0.39 is 6.10 Å². The molecule has 1 aliphatic rings. The molecule has 1 aliphatic heterocycles. The van der Waals surface area contributed by atoms with Crippen molar-refractivity contribution in [3.8, 4) is 5.75 Å². The fourth-order valence-electron chi connectivity index (χ4n) is 2.57. The van der Waals surface area contributed by atoms with Crippen LogP contribution in [-0.2, 0) is 0 Å². The van der Waals surface area contributed by atoms with Crippen LogP contribution in [0.5, 0.6) is 5.75 Å². The summed E-state index contributed by atoms with van der Waals surface area (Å²) in [5, 5.41) is 10.1. The molecule has 1 atom stereocenters. The number of halogens is 1. The molecular weight excluding hydrogens is 302 g/mol. The molecular formula is C17H26ClNO3. The van der Waals surface area contributed by atoms with Crippen LogP contribution in [0.4, 0.5) is 0 Å². The first-order valence-corrected chi connectivity index (χ1v) is 7.69. The maximum absolute atomic E-state index is 11.2. The Balaban J connectivity index is 0.00000242. The molecule has 22 heavy (non-hydrogen) atoms. The van der Waals surface area contributed by atoms with Crippen molar-refractivity contribution in [1.82, 2.24) is 4.90 Å². The highest BCUT2D eigenvalue weighted by Gasteiger charge is 2.18. The predicted octanol–water partition coefficient (Wildman–Crippen LogP) is 2.78. The summed E-state index contributed by atoms with van der Waals surface area (Å²) in [5.74, 6) is 1.53. The van der Waals surface area contributed by atoms with E-state index in [-0.39, 0.29) is 24.8 Å². The van der Waals surface area contributed by atoms with Gasteiger partial charge >= 0.3 is 0 Å². The number of carbonyl (C=O) groups is 1. The van der Waals surface area contributed by atoms with Gasteiger partial charge in [-0.3, -0.25) is 4.79 Å². The lowest BCUT2D eigenvalue weighted by Gasteiger charge is -2.31. The number of Topliss-reactive ketones (excluding diaryl/α,β-unsaturated/α-hetero) is 1. The Morgan fingerprint density at radius 3 is 2.45 bits per heavy atom. The van der Waals surface area contributed by atoms with E-state index in [1.54, 1.807) is 31.2 Å². The molecule has 0 radical (unpaired) electrons. The van der Waals surface area contributed by atoms with E-state index >= 15 is 0 Å². The monoisotopic (exact) mass is 327 g/mol. The van der Waals surface area contributed by atoms with Gasteiger partial charge in [0.05, 0.1) is 0 Å². The quantitative estimate of drug-likeness (QED) is 0.816. The summed E-state index contributed by atoms with van der Waals surface area (Å²) in [4.78, 5) is 13.5. The van der Waals surface area contributed by atoms with Crippen LogP contribution in [0.15, 0.2) is 24.3 Å². The molecule has 4 nitrogen and oxygen atoms in total. The largest absolute Gasteiger partial charge is 0.491 e. The van der Waals surface area contributed by atoms with Gasteiger partial charge < -0.3 is 14.7 Å². The summed E-state index contributed by atoms with van der Waals surface area (Å²) < 4.78 is 5.58. The summed E-state index contributed by atoms with van der Waals surface area (Å²) in [6, 6.07) is 7.03. The molecule has 0 bridgehead atoms. The zero-order chi connectivity index (χ0) is 15.2. The van der Waals surface area contributed by atoms with Crippen molar-refractivity contribution < 1.29 is 14.6 Å². The lowest BCUT2D eigenvalue weighted by Crippen LogP contribution is -2.40. The maximum atomic E-state index is 11.2. The molecule has 5 heteroatoms. The van der Waals surface area contributed by atoms with Gasteiger partial charge in [-0.2, -0.15) is 0 Å². The first-order chi connectivity index (χ1) is 10.0. The second-order valence-corrected chi connectivity index (χ2v) is 6.03. The number of aliphatic hydroxyl groups is 1.